The number of hydrogen-bond donors (Lipinski definition) is 0. The SMILES string of the molecule is CC(=O)N1CCOC2(CCS(=O)(=NC(=O)c3cccc4nonc34)CC2)C1. The van der Waals surface area contributed by atoms with Crippen LogP contribution in [-0.4, -0.2) is 68.0 Å². The summed E-state index contributed by atoms with van der Waals surface area (Å²) in [5, 5.41) is 7.44. The van der Waals surface area contributed by atoms with Gasteiger partial charge < -0.3 is 9.64 Å². The molecule has 4 rings (SSSR count). The minimum atomic E-state index is -2.69. The monoisotopic (exact) mass is 392 g/mol. The Morgan fingerprint density at radius 1 is 1.26 bits per heavy atom. The van der Waals surface area contributed by atoms with E-state index in [9.17, 15) is 13.8 Å². The number of benzene rings is 1. The van der Waals surface area contributed by atoms with Crippen molar-refractivity contribution in [3.05, 3.63) is 23.8 Å². The van der Waals surface area contributed by atoms with E-state index in [0.29, 0.717) is 43.6 Å². The summed E-state index contributed by atoms with van der Waals surface area (Å²) in [4.78, 5) is 26.0. The van der Waals surface area contributed by atoms with Gasteiger partial charge in [-0.1, -0.05) is 6.07 Å². The van der Waals surface area contributed by atoms with E-state index in [1.54, 1.807) is 30.0 Å². The van der Waals surface area contributed by atoms with Gasteiger partial charge in [0, 0.05) is 31.5 Å². The number of carbonyl (C=O) groups is 2. The highest BCUT2D eigenvalue weighted by atomic mass is 32.2. The Kier molecular flexibility index (Phi) is 4.47. The van der Waals surface area contributed by atoms with Gasteiger partial charge in [0.25, 0.3) is 5.91 Å². The number of aromatic nitrogens is 2. The molecule has 2 amide bonds. The zero-order chi connectivity index (χ0) is 19.1. The van der Waals surface area contributed by atoms with Crippen molar-refractivity contribution in [3.8, 4) is 0 Å². The summed E-state index contributed by atoms with van der Waals surface area (Å²) >= 11 is 0. The largest absolute Gasteiger partial charge is 0.371 e. The zero-order valence-electron chi connectivity index (χ0n) is 14.9. The van der Waals surface area contributed by atoms with Gasteiger partial charge in [0.15, 0.2) is 0 Å². The third-order valence-corrected chi connectivity index (χ3v) is 7.40. The molecule has 0 atom stereocenters. The fourth-order valence-electron chi connectivity index (χ4n) is 3.60. The second-order valence-corrected chi connectivity index (χ2v) is 9.53. The molecule has 0 radical (unpaired) electrons. The van der Waals surface area contributed by atoms with Crippen LogP contribution in [0.25, 0.3) is 11.0 Å². The molecule has 0 N–H and O–H groups in total. The lowest BCUT2D eigenvalue weighted by atomic mass is 9.94. The Morgan fingerprint density at radius 3 is 2.78 bits per heavy atom. The maximum atomic E-state index is 13.1. The number of fused-ring (bicyclic) bond motifs is 1. The molecule has 2 aliphatic rings. The first-order chi connectivity index (χ1) is 12.9. The summed E-state index contributed by atoms with van der Waals surface area (Å²) in [5.74, 6) is -0.0416. The van der Waals surface area contributed by atoms with Crippen LogP contribution in [0.2, 0.25) is 0 Å². The average Bonchev–Trinajstić information content (AvgIpc) is 3.13. The van der Waals surface area contributed by atoms with Crippen LogP contribution in [0.4, 0.5) is 0 Å². The van der Waals surface area contributed by atoms with Crippen LogP contribution in [-0.2, 0) is 19.3 Å². The van der Waals surface area contributed by atoms with Gasteiger partial charge in [0.05, 0.1) is 27.5 Å². The number of amides is 2. The molecule has 27 heavy (non-hydrogen) atoms. The van der Waals surface area contributed by atoms with Gasteiger partial charge in [-0.05, 0) is 35.3 Å². The summed E-state index contributed by atoms with van der Waals surface area (Å²) in [5.41, 5.74) is 0.510. The van der Waals surface area contributed by atoms with E-state index in [2.05, 4.69) is 19.3 Å². The van der Waals surface area contributed by atoms with Crippen molar-refractivity contribution in [2.75, 3.05) is 31.2 Å². The molecule has 1 aromatic heterocycles. The first kappa shape index (κ1) is 18.1. The lowest BCUT2D eigenvalue weighted by Crippen LogP contribution is -2.56. The maximum absolute atomic E-state index is 13.1. The van der Waals surface area contributed by atoms with Crippen LogP contribution < -0.4 is 0 Å². The summed E-state index contributed by atoms with van der Waals surface area (Å²) in [6, 6.07) is 4.90. The van der Waals surface area contributed by atoms with Gasteiger partial charge in [-0.15, -0.1) is 0 Å². The summed E-state index contributed by atoms with van der Waals surface area (Å²) in [6.45, 7) is 3.08. The zero-order valence-corrected chi connectivity index (χ0v) is 15.7. The van der Waals surface area contributed by atoms with Crippen LogP contribution in [0, 0.1) is 0 Å². The molecule has 2 fully saturated rings. The molecule has 3 heterocycles. The van der Waals surface area contributed by atoms with Crippen molar-refractivity contribution in [1.29, 1.82) is 0 Å². The van der Waals surface area contributed by atoms with Crippen LogP contribution in [0.5, 0.6) is 0 Å². The van der Waals surface area contributed by atoms with Crippen LogP contribution in [0.1, 0.15) is 30.1 Å². The Morgan fingerprint density at radius 2 is 2.04 bits per heavy atom. The lowest BCUT2D eigenvalue weighted by molar-refractivity contribution is -0.150. The molecule has 0 unspecified atom stereocenters. The summed E-state index contributed by atoms with van der Waals surface area (Å²) in [7, 11) is -2.69. The van der Waals surface area contributed by atoms with Gasteiger partial charge >= 0.3 is 0 Å². The molecule has 2 aromatic rings. The number of hydrogen-bond acceptors (Lipinski definition) is 7. The van der Waals surface area contributed by atoms with Crippen molar-refractivity contribution in [1.82, 2.24) is 15.2 Å². The normalized spacial score (nSPS) is 28.4. The second-order valence-electron chi connectivity index (χ2n) is 6.99. The molecule has 2 aliphatic heterocycles. The predicted molar refractivity (Wildman–Crippen MR) is 96.6 cm³/mol. The van der Waals surface area contributed by atoms with E-state index in [4.69, 9.17) is 4.74 Å². The number of carbonyl (C=O) groups excluding carboxylic acids is 2. The quantitative estimate of drug-likeness (QED) is 0.717. The van der Waals surface area contributed by atoms with Gasteiger partial charge in [0.2, 0.25) is 5.91 Å². The van der Waals surface area contributed by atoms with E-state index in [0.717, 1.165) is 0 Å². The number of nitrogens with zero attached hydrogens (tertiary/aromatic N) is 4. The maximum Gasteiger partial charge on any atom is 0.287 e. The molecule has 9 nitrogen and oxygen atoms in total. The van der Waals surface area contributed by atoms with Gasteiger partial charge in [-0.25, -0.2) is 8.84 Å². The van der Waals surface area contributed by atoms with E-state index in [1.807, 2.05) is 0 Å². The van der Waals surface area contributed by atoms with Gasteiger partial charge in [-0.2, -0.15) is 4.36 Å². The van der Waals surface area contributed by atoms with E-state index < -0.39 is 21.2 Å². The van der Waals surface area contributed by atoms with Crippen LogP contribution in [0.3, 0.4) is 0 Å². The Bertz CT molecular complexity index is 1010. The fraction of sp³-hybridized carbons (Fsp3) is 0.529. The molecule has 0 saturated carbocycles. The standard InChI is InChI=1S/C17H20N4O5S/c1-12(22)21-7-8-25-17(11-21)5-9-27(24,10-6-17)20-16(23)13-3-2-4-14-15(13)19-26-18-14/h2-4H,5-11H2,1H3. The van der Waals surface area contributed by atoms with Crippen molar-refractivity contribution in [3.63, 3.8) is 0 Å². The number of ether oxygens (including phenoxy) is 1. The number of rotatable bonds is 1. The van der Waals surface area contributed by atoms with Gasteiger partial charge in [-0.3, -0.25) is 9.59 Å². The first-order valence-electron chi connectivity index (χ1n) is 8.77. The van der Waals surface area contributed by atoms with Gasteiger partial charge in [0.1, 0.15) is 11.0 Å². The van der Waals surface area contributed by atoms with E-state index in [-0.39, 0.29) is 23.0 Å². The molecule has 10 heteroatoms. The molecule has 144 valence electrons. The van der Waals surface area contributed by atoms with Crippen LogP contribution in [0.15, 0.2) is 27.2 Å². The van der Waals surface area contributed by atoms with Crippen molar-refractivity contribution >= 4 is 32.6 Å². The first-order valence-corrected chi connectivity index (χ1v) is 10.6. The Balaban J connectivity index is 1.54. The fourth-order valence-corrected chi connectivity index (χ4v) is 5.77. The minimum Gasteiger partial charge on any atom is -0.371 e. The third-order valence-electron chi connectivity index (χ3n) is 5.21. The third kappa shape index (κ3) is 3.46. The molecule has 1 aromatic carbocycles. The highest BCUT2D eigenvalue weighted by molar-refractivity contribution is 7.93. The predicted octanol–water partition coefficient (Wildman–Crippen LogP) is 1.24. The highest BCUT2D eigenvalue weighted by Crippen LogP contribution is 2.32. The second kappa shape index (κ2) is 6.68. The van der Waals surface area contributed by atoms with E-state index >= 15 is 0 Å². The molecule has 2 saturated heterocycles. The summed E-state index contributed by atoms with van der Waals surface area (Å²) < 4.78 is 27.8. The lowest BCUT2D eigenvalue weighted by Gasteiger charge is -2.45. The Labute approximate surface area is 156 Å². The molecular formula is C17H20N4O5S. The molecule has 1 spiro atoms. The highest BCUT2D eigenvalue weighted by Gasteiger charge is 2.42. The summed E-state index contributed by atoms with van der Waals surface area (Å²) in [6.07, 6.45) is 1.00. The smallest absolute Gasteiger partial charge is 0.287 e. The van der Waals surface area contributed by atoms with Crippen LogP contribution >= 0.6 is 0 Å². The minimum absolute atomic E-state index is 0.0122. The van der Waals surface area contributed by atoms with Crippen molar-refractivity contribution in [2.24, 2.45) is 4.36 Å². The molecular weight excluding hydrogens is 372 g/mol. The number of morpholine rings is 1. The van der Waals surface area contributed by atoms with Crippen molar-refractivity contribution in [2.45, 2.75) is 25.4 Å². The molecule has 0 aliphatic carbocycles. The molecule has 0 bridgehead atoms. The van der Waals surface area contributed by atoms with E-state index in [1.165, 1.54) is 0 Å². The topological polar surface area (TPSA) is 115 Å². The Hall–Kier alpha value is -2.33. The van der Waals surface area contributed by atoms with Crippen molar-refractivity contribution < 1.29 is 23.2 Å². The average molecular weight is 392 g/mol.